The van der Waals surface area contributed by atoms with Crippen LogP contribution in [0.5, 0.6) is 0 Å². The zero-order chi connectivity index (χ0) is 14.7. The summed E-state index contributed by atoms with van der Waals surface area (Å²) in [4.78, 5) is 16.7. The van der Waals surface area contributed by atoms with Crippen molar-refractivity contribution >= 4 is 17.6 Å². The van der Waals surface area contributed by atoms with Crippen molar-refractivity contribution in [1.82, 2.24) is 4.98 Å². The Morgan fingerprint density at radius 3 is 2.81 bits per heavy atom. The molecule has 0 bridgehead atoms. The highest BCUT2D eigenvalue weighted by Crippen LogP contribution is 2.30. The molecule has 0 radical (unpaired) electrons. The summed E-state index contributed by atoms with van der Waals surface area (Å²) in [6, 6.07) is 10.7. The summed E-state index contributed by atoms with van der Waals surface area (Å²) in [5.74, 6) is -0.324. The Morgan fingerprint density at radius 1 is 1.19 bits per heavy atom. The van der Waals surface area contributed by atoms with Crippen molar-refractivity contribution in [2.45, 2.75) is 31.8 Å². The van der Waals surface area contributed by atoms with E-state index in [0.29, 0.717) is 10.6 Å². The van der Waals surface area contributed by atoms with Gasteiger partial charge in [-0.25, -0.2) is 4.79 Å². The number of carbonyl (C=O) groups is 1. The first-order valence-corrected chi connectivity index (χ1v) is 7.52. The summed E-state index contributed by atoms with van der Waals surface area (Å²) in [5, 5.41) is 0.605. The predicted octanol–water partition coefficient (Wildman–Crippen LogP) is 4.36. The van der Waals surface area contributed by atoms with E-state index in [2.05, 4.69) is 11.1 Å². The molecular formula is C17H16ClNO2. The number of benzene rings is 1. The van der Waals surface area contributed by atoms with E-state index < -0.39 is 0 Å². The van der Waals surface area contributed by atoms with Crippen LogP contribution in [-0.2, 0) is 11.2 Å². The standard InChI is InChI=1S/C17H16ClNO2/c18-14-9-7-13(8-10-14)17(20)21-15-6-2-1-4-12-5-3-11-19-16(12)15/h3,5,7-11,15H,1-2,4,6H2. The molecule has 21 heavy (non-hydrogen) atoms. The van der Waals surface area contributed by atoms with Gasteiger partial charge in [0, 0.05) is 11.2 Å². The van der Waals surface area contributed by atoms with Gasteiger partial charge >= 0.3 is 5.97 Å². The van der Waals surface area contributed by atoms with Crippen molar-refractivity contribution in [3.8, 4) is 0 Å². The number of fused-ring (bicyclic) bond motifs is 1. The number of hydrogen-bond acceptors (Lipinski definition) is 3. The van der Waals surface area contributed by atoms with Crippen LogP contribution < -0.4 is 0 Å². The first kappa shape index (κ1) is 14.1. The fraction of sp³-hybridized carbons (Fsp3) is 0.294. The third kappa shape index (κ3) is 3.24. The van der Waals surface area contributed by atoms with Gasteiger partial charge in [0.1, 0.15) is 6.10 Å². The number of aryl methyl sites for hydroxylation is 1. The molecule has 3 rings (SSSR count). The van der Waals surface area contributed by atoms with E-state index in [9.17, 15) is 4.79 Å². The molecular weight excluding hydrogens is 286 g/mol. The van der Waals surface area contributed by atoms with E-state index in [1.54, 1.807) is 30.5 Å². The fourth-order valence-corrected chi connectivity index (χ4v) is 2.76. The fourth-order valence-electron chi connectivity index (χ4n) is 2.63. The summed E-state index contributed by atoms with van der Waals surface area (Å²) >= 11 is 5.83. The Labute approximate surface area is 128 Å². The van der Waals surface area contributed by atoms with Crippen molar-refractivity contribution in [1.29, 1.82) is 0 Å². The molecule has 0 saturated heterocycles. The molecule has 0 saturated carbocycles. The van der Waals surface area contributed by atoms with Crippen molar-refractivity contribution in [2.75, 3.05) is 0 Å². The largest absolute Gasteiger partial charge is 0.452 e. The number of ether oxygens (including phenoxy) is 1. The lowest BCUT2D eigenvalue weighted by molar-refractivity contribution is 0.0265. The van der Waals surface area contributed by atoms with E-state index in [0.717, 1.165) is 31.4 Å². The minimum atomic E-state index is -0.324. The summed E-state index contributed by atoms with van der Waals surface area (Å²) < 4.78 is 5.68. The highest BCUT2D eigenvalue weighted by molar-refractivity contribution is 6.30. The number of nitrogens with zero attached hydrogens (tertiary/aromatic N) is 1. The average Bonchev–Trinajstić information content (AvgIpc) is 2.71. The molecule has 0 N–H and O–H groups in total. The minimum Gasteiger partial charge on any atom is -0.452 e. The Hall–Kier alpha value is -1.87. The lowest BCUT2D eigenvalue weighted by Gasteiger charge is -2.17. The molecule has 0 aliphatic heterocycles. The summed E-state index contributed by atoms with van der Waals surface area (Å²) in [6.45, 7) is 0. The van der Waals surface area contributed by atoms with Gasteiger partial charge in [-0.2, -0.15) is 0 Å². The van der Waals surface area contributed by atoms with Gasteiger partial charge < -0.3 is 4.74 Å². The van der Waals surface area contributed by atoms with Gasteiger partial charge in [-0.05, 0) is 61.6 Å². The number of aromatic nitrogens is 1. The Kier molecular flexibility index (Phi) is 4.20. The quantitative estimate of drug-likeness (QED) is 0.611. The zero-order valence-electron chi connectivity index (χ0n) is 11.6. The monoisotopic (exact) mass is 301 g/mol. The highest BCUT2D eigenvalue weighted by Gasteiger charge is 2.23. The van der Waals surface area contributed by atoms with Crippen LogP contribution in [0.3, 0.4) is 0 Å². The van der Waals surface area contributed by atoms with Crippen LogP contribution in [0, 0.1) is 0 Å². The molecule has 1 aliphatic rings. The molecule has 1 heterocycles. The number of pyridine rings is 1. The van der Waals surface area contributed by atoms with E-state index in [-0.39, 0.29) is 12.1 Å². The van der Waals surface area contributed by atoms with Gasteiger partial charge in [0.15, 0.2) is 0 Å². The molecule has 2 aromatic rings. The maximum atomic E-state index is 12.3. The number of halogens is 1. The van der Waals surface area contributed by atoms with Gasteiger partial charge in [0.05, 0.1) is 11.3 Å². The van der Waals surface area contributed by atoms with Crippen molar-refractivity contribution in [2.24, 2.45) is 0 Å². The molecule has 1 unspecified atom stereocenters. The molecule has 1 aromatic heterocycles. The van der Waals surface area contributed by atoms with E-state index in [1.807, 2.05) is 6.07 Å². The van der Waals surface area contributed by atoms with Crippen molar-refractivity contribution in [3.05, 3.63) is 64.4 Å². The lowest BCUT2D eigenvalue weighted by atomic mass is 10.1. The third-order valence-electron chi connectivity index (χ3n) is 3.72. The molecule has 3 nitrogen and oxygen atoms in total. The molecule has 1 aromatic carbocycles. The summed E-state index contributed by atoms with van der Waals surface area (Å²) in [5.41, 5.74) is 2.60. The third-order valence-corrected chi connectivity index (χ3v) is 3.97. The van der Waals surface area contributed by atoms with Crippen LogP contribution in [-0.4, -0.2) is 11.0 Å². The molecule has 1 aliphatic carbocycles. The number of rotatable bonds is 2. The van der Waals surface area contributed by atoms with Gasteiger partial charge in [-0.15, -0.1) is 0 Å². The Balaban J connectivity index is 1.81. The Bertz CT molecular complexity index is 639. The first-order valence-electron chi connectivity index (χ1n) is 7.14. The molecule has 0 amide bonds. The predicted molar refractivity (Wildman–Crippen MR) is 81.4 cm³/mol. The van der Waals surface area contributed by atoms with Gasteiger partial charge in [-0.3, -0.25) is 4.98 Å². The maximum Gasteiger partial charge on any atom is 0.338 e. The van der Waals surface area contributed by atoms with Crippen LogP contribution in [0.2, 0.25) is 5.02 Å². The SMILES string of the molecule is O=C(OC1CCCCc2cccnc21)c1ccc(Cl)cc1. The summed E-state index contributed by atoms with van der Waals surface area (Å²) in [6.07, 6.45) is 5.46. The van der Waals surface area contributed by atoms with Crippen molar-refractivity contribution in [3.63, 3.8) is 0 Å². The van der Waals surface area contributed by atoms with Crippen LogP contribution >= 0.6 is 11.6 Å². The lowest BCUT2D eigenvalue weighted by Crippen LogP contribution is -2.13. The second-order valence-electron chi connectivity index (χ2n) is 5.19. The van der Waals surface area contributed by atoms with E-state index in [1.165, 1.54) is 5.56 Å². The van der Waals surface area contributed by atoms with Gasteiger partial charge in [-0.1, -0.05) is 17.7 Å². The van der Waals surface area contributed by atoms with Crippen molar-refractivity contribution < 1.29 is 9.53 Å². The number of carbonyl (C=O) groups excluding carboxylic acids is 1. The summed E-state index contributed by atoms with van der Waals surface area (Å²) in [7, 11) is 0. The molecule has 1 atom stereocenters. The molecule has 108 valence electrons. The van der Waals surface area contributed by atoms with Gasteiger partial charge in [0.25, 0.3) is 0 Å². The minimum absolute atomic E-state index is 0.258. The number of esters is 1. The molecule has 0 spiro atoms. The topological polar surface area (TPSA) is 39.2 Å². The molecule has 0 fully saturated rings. The average molecular weight is 302 g/mol. The zero-order valence-corrected chi connectivity index (χ0v) is 12.3. The second-order valence-corrected chi connectivity index (χ2v) is 5.63. The van der Waals surface area contributed by atoms with Crippen LogP contribution in [0.15, 0.2) is 42.6 Å². The van der Waals surface area contributed by atoms with Crippen LogP contribution in [0.4, 0.5) is 0 Å². The Morgan fingerprint density at radius 2 is 2.00 bits per heavy atom. The normalized spacial score (nSPS) is 17.7. The van der Waals surface area contributed by atoms with Crippen LogP contribution in [0.1, 0.15) is 47.0 Å². The van der Waals surface area contributed by atoms with Crippen LogP contribution in [0.25, 0.3) is 0 Å². The second kappa shape index (κ2) is 6.27. The smallest absolute Gasteiger partial charge is 0.338 e. The molecule has 4 heteroatoms. The van der Waals surface area contributed by atoms with Gasteiger partial charge in [0.2, 0.25) is 0 Å². The highest BCUT2D eigenvalue weighted by atomic mass is 35.5. The van der Waals surface area contributed by atoms with E-state index >= 15 is 0 Å². The number of hydrogen-bond donors (Lipinski definition) is 0. The first-order chi connectivity index (χ1) is 10.2. The maximum absolute atomic E-state index is 12.3. The van der Waals surface area contributed by atoms with E-state index in [4.69, 9.17) is 16.3 Å².